The third-order valence-electron chi connectivity index (χ3n) is 2.82. The van der Waals surface area contributed by atoms with Crippen LogP contribution in [0.2, 0.25) is 0 Å². The van der Waals surface area contributed by atoms with Gasteiger partial charge in [-0.2, -0.15) is 0 Å². The minimum atomic E-state index is -2.27. The summed E-state index contributed by atoms with van der Waals surface area (Å²) in [6, 6.07) is 0. The normalized spacial score (nSPS) is 18.0. The van der Waals surface area contributed by atoms with Crippen LogP contribution in [0.3, 0.4) is 0 Å². The minimum absolute atomic E-state index is 0.0928. The predicted molar refractivity (Wildman–Crippen MR) is 60.6 cm³/mol. The second-order valence-corrected chi connectivity index (χ2v) is 4.13. The molecule has 0 aliphatic heterocycles. The van der Waals surface area contributed by atoms with Gasteiger partial charge in [0.15, 0.2) is 5.54 Å². The topological polar surface area (TPSA) is 153 Å². The monoisotopic (exact) mass is 259 g/mol. The lowest BCUT2D eigenvalue weighted by Gasteiger charge is -2.31. The predicted octanol–water partition coefficient (Wildman–Crippen LogP) is -2.16. The largest absolute Gasteiger partial charge is 0.480 e. The number of hydrogen-bond acceptors (Lipinski definition) is 6. The number of H-pyrrole nitrogens is 1. The molecule has 3 unspecified atom stereocenters. The summed E-state index contributed by atoms with van der Waals surface area (Å²) in [6.07, 6.45) is 0.369. The van der Waals surface area contributed by atoms with Gasteiger partial charge in [-0.1, -0.05) is 0 Å². The third kappa shape index (κ3) is 3.05. The molecule has 18 heavy (non-hydrogen) atoms. The number of aromatic amines is 1. The molecule has 7 N–H and O–H groups in total. The van der Waals surface area contributed by atoms with Crippen LogP contribution in [-0.2, 0) is 11.2 Å². The van der Waals surface area contributed by atoms with Gasteiger partial charge >= 0.3 is 5.97 Å². The van der Waals surface area contributed by atoms with Crippen LogP contribution < -0.4 is 5.73 Å². The summed E-state index contributed by atoms with van der Waals surface area (Å²) in [5.74, 6) is -1.57. The van der Waals surface area contributed by atoms with Gasteiger partial charge < -0.3 is 31.1 Å². The number of aliphatic carboxylic acids is 1. The van der Waals surface area contributed by atoms with Crippen LogP contribution in [0.25, 0.3) is 0 Å². The zero-order valence-corrected chi connectivity index (χ0v) is 9.65. The van der Waals surface area contributed by atoms with Crippen molar-refractivity contribution in [3.05, 3.63) is 18.2 Å². The molecule has 0 fully saturated rings. The van der Waals surface area contributed by atoms with Crippen LogP contribution in [-0.4, -0.2) is 60.7 Å². The van der Waals surface area contributed by atoms with E-state index in [9.17, 15) is 15.0 Å². The maximum absolute atomic E-state index is 10.9. The van der Waals surface area contributed by atoms with Crippen molar-refractivity contribution in [1.82, 2.24) is 9.97 Å². The molecule has 0 amide bonds. The summed E-state index contributed by atoms with van der Waals surface area (Å²) in [4.78, 5) is 17.4. The quantitative estimate of drug-likeness (QED) is 0.326. The van der Waals surface area contributed by atoms with E-state index in [4.69, 9.17) is 15.9 Å². The van der Waals surface area contributed by atoms with E-state index in [1.54, 1.807) is 6.20 Å². The summed E-state index contributed by atoms with van der Waals surface area (Å²) in [6.45, 7) is -0.968. The van der Waals surface area contributed by atoms with Crippen LogP contribution in [0, 0.1) is 0 Å². The first kappa shape index (κ1) is 14.6. The number of nitrogens with one attached hydrogen (secondary N) is 1. The van der Waals surface area contributed by atoms with Gasteiger partial charge in [0.2, 0.25) is 0 Å². The van der Waals surface area contributed by atoms with E-state index < -0.39 is 30.3 Å². The summed E-state index contributed by atoms with van der Waals surface area (Å²) in [5.41, 5.74) is 3.82. The van der Waals surface area contributed by atoms with E-state index in [0.29, 0.717) is 6.42 Å². The van der Waals surface area contributed by atoms with E-state index in [1.807, 2.05) is 0 Å². The molecule has 0 saturated carbocycles. The van der Waals surface area contributed by atoms with Gasteiger partial charge in [-0.25, -0.2) is 4.98 Å². The third-order valence-corrected chi connectivity index (χ3v) is 2.82. The lowest BCUT2D eigenvalue weighted by atomic mass is 9.88. The van der Waals surface area contributed by atoms with Gasteiger partial charge in [0.25, 0.3) is 0 Å². The number of carboxylic acid groups (broad SMARTS) is 1. The van der Waals surface area contributed by atoms with Gasteiger partial charge in [-0.05, 0) is 12.8 Å². The number of imidazole rings is 1. The molecule has 1 aromatic heterocycles. The SMILES string of the molecule is NC(CO)(C(=O)O)C(O)C(O)CCc1cnc[nH]1. The van der Waals surface area contributed by atoms with E-state index >= 15 is 0 Å². The van der Waals surface area contributed by atoms with E-state index in [-0.39, 0.29) is 6.42 Å². The molecular weight excluding hydrogens is 242 g/mol. The Kier molecular flexibility index (Phi) is 4.79. The smallest absolute Gasteiger partial charge is 0.328 e. The molecule has 0 bridgehead atoms. The van der Waals surface area contributed by atoms with Gasteiger partial charge in [0.05, 0.1) is 19.0 Å². The molecule has 0 spiro atoms. The molecule has 102 valence electrons. The molecule has 8 nitrogen and oxygen atoms in total. The summed E-state index contributed by atoms with van der Waals surface area (Å²) >= 11 is 0. The number of aromatic nitrogens is 2. The van der Waals surface area contributed by atoms with Crippen LogP contribution in [0.5, 0.6) is 0 Å². The molecule has 0 aliphatic carbocycles. The fourth-order valence-electron chi connectivity index (χ4n) is 1.51. The summed E-state index contributed by atoms with van der Waals surface area (Å²) in [7, 11) is 0. The van der Waals surface area contributed by atoms with Crippen LogP contribution >= 0.6 is 0 Å². The van der Waals surface area contributed by atoms with Crippen LogP contribution in [0.4, 0.5) is 0 Å². The Hall–Kier alpha value is -1.48. The number of carboxylic acids is 1. The molecular formula is C10H17N3O5. The van der Waals surface area contributed by atoms with Crippen molar-refractivity contribution in [3.8, 4) is 0 Å². The molecule has 0 saturated heterocycles. The highest BCUT2D eigenvalue weighted by Gasteiger charge is 2.44. The molecule has 0 aromatic carbocycles. The van der Waals surface area contributed by atoms with Crippen molar-refractivity contribution in [1.29, 1.82) is 0 Å². The van der Waals surface area contributed by atoms with Crippen molar-refractivity contribution in [2.45, 2.75) is 30.6 Å². The number of aliphatic hydroxyl groups excluding tert-OH is 3. The number of nitrogens with zero attached hydrogens (tertiary/aromatic N) is 1. The second kappa shape index (κ2) is 5.91. The minimum Gasteiger partial charge on any atom is -0.480 e. The highest BCUT2D eigenvalue weighted by molar-refractivity contribution is 5.79. The average Bonchev–Trinajstić information content (AvgIpc) is 2.86. The highest BCUT2D eigenvalue weighted by Crippen LogP contribution is 2.15. The standard InChI is InChI=1S/C10H17N3O5/c11-10(4-14,9(17)18)8(16)7(15)2-1-6-3-12-5-13-6/h3,5,7-8,14-16H,1-2,4,11H2,(H,12,13)(H,17,18). The van der Waals surface area contributed by atoms with Crippen molar-refractivity contribution in [3.63, 3.8) is 0 Å². The number of hydrogen-bond donors (Lipinski definition) is 6. The van der Waals surface area contributed by atoms with Crippen molar-refractivity contribution in [2.24, 2.45) is 5.73 Å². The Bertz CT molecular complexity index is 383. The Morgan fingerprint density at radius 1 is 1.56 bits per heavy atom. The van der Waals surface area contributed by atoms with Crippen molar-refractivity contribution in [2.75, 3.05) is 6.61 Å². The number of nitrogens with two attached hydrogens (primary N) is 1. The molecule has 0 aliphatic rings. The van der Waals surface area contributed by atoms with Crippen molar-refractivity contribution < 1.29 is 25.2 Å². The van der Waals surface area contributed by atoms with Crippen LogP contribution in [0.15, 0.2) is 12.5 Å². The number of carbonyl (C=O) groups is 1. The van der Waals surface area contributed by atoms with Gasteiger partial charge in [-0.3, -0.25) is 4.79 Å². The van der Waals surface area contributed by atoms with Gasteiger partial charge in [0, 0.05) is 11.9 Å². The molecule has 1 aromatic rings. The molecule has 0 radical (unpaired) electrons. The highest BCUT2D eigenvalue weighted by atomic mass is 16.4. The van der Waals surface area contributed by atoms with E-state index in [0.717, 1.165) is 5.69 Å². The molecule has 1 rings (SSSR count). The average molecular weight is 259 g/mol. The van der Waals surface area contributed by atoms with E-state index in [2.05, 4.69) is 9.97 Å². The number of aryl methyl sites for hydroxylation is 1. The lowest BCUT2D eigenvalue weighted by molar-refractivity contribution is -0.155. The zero-order valence-electron chi connectivity index (χ0n) is 9.65. The maximum Gasteiger partial charge on any atom is 0.328 e. The Morgan fingerprint density at radius 2 is 2.22 bits per heavy atom. The van der Waals surface area contributed by atoms with Gasteiger partial charge in [-0.15, -0.1) is 0 Å². The first-order chi connectivity index (χ1) is 8.41. The lowest BCUT2D eigenvalue weighted by Crippen LogP contribution is -2.63. The zero-order chi connectivity index (χ0) is 13.8. The number of aliphatic hydroxyl groups is 3. The van der Waals surface area contributed by atoms with Crippen LogP contribution in [0.1, 0.15) is 12.1 Å². The second-order valence-electron chi connectivity index (χ2n) is 4.13. The maximum atomic E-state index is 10.9. The number of rotatable bonds is 7. The first-order valence-corrected chi connectivity index (χ1v) is 5.38. The van der Waals surface area contributed by atoms with E-state index in [1.165, 1.54) is 6.33 Å². The van der Waals surface area contributed by atoms with Crippen molar-refractivity contribution >= 4 is 5.97 Å². The Balaban J connectivity index is 2.59. The fourth-order valence-corrected chi connectivity index (χ4v) is 1.51. The Labute approximate surface area is 103 Å². The van der Waals surface area contributed by atoms with Gasteiger partial charge in [0.1, 0.15) is 6.10 Å². The first-order valence-electron chi connectivity index (χ1n) is 5.38. The summed E-state index contributed by atoms with van der Waals surface area (Å²) < 4.78 is 0. The molecule has 3 atom stereocenters. The summed E-state index contributed by atoms with van der Waals surface area (Å²) in [5, 5.41) is 37.2. The molecule has 1 heterocycles. The fraction of sp³-hybridized carbons (Fsp3) is 0.600. The molecule has 8 heteroatoms. The Morgan fingerprint density at radius 3 is 2.67 bits per heavy atom.